The summed E-state index contributed by atoms with van der Waals surface area (Å²) in [6, 6.07) is 3.98. The van der Waals surface area contributed by atoms with E-state index < -0.39 is 23.7 Å². The number of hydrogen-bond donors (Lipinski definition) is 2. The molecule has 1 aromatic carbocycles. The van der Waals surface area contributed by atoms with Crippen molar-refractivity contribution in [2.24, 2.45) is 5.73 Å². The Bertz CT molecular complexity index is 404. The quantitative estimate of drug-likeness (QED) is 0.860. The van der Waals surface area contributed by atoms with Crippen molar-refractivity contribution in [3.63, 3.8) is 0 Å². The first-order chi connectivity index (χ1) is 7.86. The summed E-state index contributed by atoms with van der Waals surface area (Å²) < 4.78 is 37.8. The number of anilines is 1. The minimum atomic E-state index is -4.50. The molecule has 1 atom stereocenters. The molecule has 0 aliphatic heterocycles. The van der Waals surface area contributed by atoms with Crippen LogP contribution in [0, 0.1) is 0 Å². The van der Waals surface area contributed by atoms with Gasteiger partial charge in [0.05, 0.1) is 17.3 Å². The Labute approximate surface area is 96.8 Å². The highest BCUT2D eigenvalue weighted by Gasteiger charge is 2.33. The van der Waals surface area contributed by atoms with E-state index in [9.17, 15) is 18.0 Å². The van der Waals surface area contributed by atoms with E-state index >= 15 is 0 Å². The van der Waals surface area contributed by atoms with Gasteiger partial charge in [-0.15, -0.1) is 0 Å². The summed E-state index contributed by atoms with van der Waals surface area (Å²) in [5, 5.41) is 2.18. The third-order valence-electron chi connectivity index (χ3n) is 2.27. The van der Waals surface area contributed by atoms with E-state index in [4.69, 9.17) is 5.73 Å². The van der Waals surface area contributed by atoms with E-state index in [-0.39, 0.29) is 5.69 Å². The number of rotatable bonds is 3. The van der Waals surface area contributed by atoms with E-state index in [1.807, 2.05) is 0 Å². The lowest BCUT2D eigenvalue weighted by molar-refractivity contribution is -0.137. The first-order valence-corrected chi connectivity index (χ1v) is 5.09. The van der Waals surface area contributed by atoms with Crippen LogP contribution in [0.5, 0.6) is 0 Å². The number of nitrogens with two attached hydrogens (primary N) is 1. The number of benzene rings is 1. The summed E-state index contributed by atoms with van der Waals surface area (Å²) in [4.78, 5) is 11.4. The van der Waals surface area contributed by atoms with E-state index in [1.165, 1.54) is 18.2 Å². The molecule has 0 bridgehead atoms. The number of para-hydroxylation sites is 1. The normalized spacial score (nSPS) is 13.2. The molecule has 0 aliphatic carbocycles. The second kappa shape index (κ2) is 5.18. The van der Waals surface area contributed by atoms with Gasteiger partial charge in [-0.1, -0.05) is 19.1 Å². The smallest absolute Gasteiger partial charge is 0.324 e. The van der Waals surface area contributed by atoms with Crippen molar-refractivity contribution in [2.45, 2.75) is 25.6 Å². The van der Waals surface area contributed by atoms with Crippen molar-refractivity contribution in [3.8, 4) is 0 Å². The monoisotopic (exact) mass is 246 g/mol. The molecule has 0 saturated carbocycles. The molecule has 3 N–H and O–H groups in total. The molecule has 0 heterocycles. The first-order valence-electron chi connectivity index (χ1n) is 5.09. The fourth-order valence-corrected chi connectivity index (χ4v) is 1.25. The van der Waals surface area contributed by atoms with Gasteiger partial charge in [0, 0.05) is 0 Å². The van der Waals surface area contributed by atoms with Gasteiger partial charge in [0.15, 0.2) is 0 Å². The molecule has 0 saturated heterocycles. The van der Waals surface area contributed by atoms with Crippen LogP contribution >= 0.6 is 0 Å². The lowest BCUT2D eigenvalue weighted by atomic mass is 10.1. The Morgan fingerprint density at radius 1 is 1.41 bits per heavy atom. The number of carbonyl (C=O) groups is 1. The van der Waals surface area contributed by atoms with Crippen LogP contribution in [0.15, 0.2) is 24.3 Å². The van der Waals surface area contributed by atoms with Crippen LogP contribution in [-0.4, -0.2) is 11.9 Å². The molecule has 0 fully saturated rings. The van der Waals surface area contributed by atoms with Crippen molar-refractivity contribution >= 4 is 11.6 Å². The molecule has 1 unspecified atom stereocenters. The Morgan fingerprint density at radius 2 is 2.00 bits per heavy atom. The number of alkyl halides is 3. The van der Waals surface area contributed by atoms with Gasteiger partial charge in [-0.3, -0.25) is 4.79 Å². The zero-order valence-electron chi connectivity index (χ0n) is 9.21. The summed E-state index contributed by atoms with van der Waals surface area (Å²) >= 11 is 0. The van der Waals surface area contributed by atoms with Crippen molar-refractivity contribution in [1.82, 2.24) is 0 Å². The molecule has 94 valence electrons. The Hall–Kier alpha value is -1.56. The van der Waals surface area contributed by atoms with E-state index in [2.05, 4.69) is 5.32 Å². The van der Waals surface area contributed by atoms with Crippen LogP contribution in [0.25, 0.3) is 0 Å². The Balaban J connectivity index is 2.96. The minimum absolute atomic E-state index is 0.270. The minimum Gasteiger partial charge on any atom is -0.324 e. The van der Waals surface area contributed by atoms with Gasteiger partial charge in [-0.25, -0.2) is 0 Å². The highest BCUT2D eigenvalue weighted by Crippen LogP contribution is 2.34. The maximum atomic E-state index is 12.6. The molecule has 3 nitrogen and oxygen atoms in total. The molecule has 1 aromatic rings. The Morgan fingerprint density at radius 3 is 2.53 bits per heavy atom. The van der Waals surface area contributed by atoms with Crippen LogP contribution < -0.4 is 11.1 Å². The topological polar surface area (TPSA) is 55.1 Å². The lowest BCUT2D eigenvalue weighted by Gasteiger charge is -2.15. The maximum Gasteiger partial charge on any atom is 0.418 e. The number of nitrogens with one attached hydrogen (secondary N) is 1. The van der Waals surface area contributed by atoms with Crippen LogP contribution in [0.1, 0.15) is 18.9 Å². The molecular weight excluding hydrogens is 233 g/mol. The largest absolute Gasteiger partial charge is 0.418 e. The van der Waals surface area contributed by atoms with E-state index in [0.29, 0.717) is 6.42 Å². The highest BCUT2D eigenvalue weighted by atomic mass is 19.4. The zero-order chi connectivity index (χ0) is 13.1. The summed E-state index contributed by atoms with van der Waals surface area (Å²) in [6.07, 6.45) is -4.14. The molecule has 1 amide bonds. The summed E-state index contributed by atoms with van der Waals surface area (Å²) in [7, 11) is 0. The molecule has 0 radical (unpaired) electrons. The maximum absolute atomic E-state index is 12.6. The van der Waals surface area contributed by atoms with Gasteiger partial charge in [-0.2, -0.15) is 13.2 Å². The third-order valence-corrected chi connectivity index (χ3v) is 2.27. The van der Waals surface area contributed by atoms with Crippen LogP contribution in [0.3, 0.4) is 0 Å². The van der Waals surface area contributed by atoms with Crippen molar-refractivity contribution < 1.29 is 18.0 Å². The molecule has 1 rings (SSSR count). The highest BCUT2D eigenvalue weighted by molar-refractivity contribution is 5.95. The van der Waals surface area contributed by atoms with E-state index in [0.717, 1.165) is 6.07 Å². The number of hydrogen-bond acceptors (Lipinski definition) is 2. The predicted molar refractivity (Wildman–Crippen MR) is 58.3 cm³/mol. The van der Waals surface area contributed by atoms with Gasteiger partial charge in [0.1, 0.15) is 0 Å². The van der Waals surface area contributed by atoms with Crippen molar-refractivity contribution in [2.75, 3.05) is 5.32 Å². The zero-order valence-corrected chi connectivity index (χ0v) is 9.21. The second-order valence-corrected chi connectivity index (χ2v) is 3.55. The number of amides is 1. The van der Waals surface area contributed by atoms with Crippen LogP contribution in [-0.2, 0) is 11.0 Å². The fourth-order valence-electron chi connectivity index (χ4n) is 1.25. The van der Waals surface area contributed by atoms with Gasteiger partial charge in [0.25, 0.3) is 0 Å². The predicted octanol–water partition coefficient (Wildman–Crippen LogP) is 2.38. The van der Waals surface area contributed by atoms with Gasteiger partial charge >= 0.3 is 6.18 Å². The molecule has 0 aromatic heterocycles. The number of halogens is 3. The molecule has 6 heteroatoms. The summed E-state index contributed by atoms with van der Waals surface area (Å²) in [5.74, 6) is -0.621. The van der Waals surface area contributed by atoms with Gasteiger partial charge in [0.2, 0.25) is 5.91 Å². The SMILES string of the molecule is CCC(N)C(=O)Nc1ccccc1C(F)(F)F. The van der Waals surface area contributed by atoms with E-state index in [1.54, 1.807) is 6.92 Å². The second-order valence-electron chi connectivity index (χ2n) is 3.55. The average Bonchev–Trinajstić information content (AvgIpc) is 2.27. The summed E-state index contributed by atoms with van der Waals surface area (Å²) in [6.45, 7) is 1.68. The third kappa shape index (κ3) is 3.45. The molecule has 0 spiro atoms. The summed E-state index contributed by atoms with van der Waals surface area (Å²) in [5.41, 5.74) is 4.28. The molecule has 17 heavy (non-hydrogen) atoms. The lowest BCUT2D eigenvalue weighted by Crippen LogP contribution is -2.35. The van der Waals surface area contributed by atoms with Crippen LogP contribution in [0.2, 0.25) is 0 Å². The fraction of sp³-hybridized carbons (Fsp3) is 0.364. The Kier molecular flexibility index (Phi) is 4.11. The molecule has 0 aliphatic rings. The van der Waals surface area contributed by atoms with Crippen LogP contribution in [0.4, 0.5) is 18.9 Å². The van der Waals surface area contributed by atoms with Gasteiger partial charge < -0.3 is 11.1 Å². The first kappa shape index (κ1) is 13.5. The standard InChI is InChI=1S/C11H13F3N2O/c1-2-8(15)10(17)16-9-6-4-3-5-7(9)11(12,13)14/h3-6,8H,2,15H2,1H3,(H,16,17). The average molecular weight is 246 g/mol. The number of carbonyl (C=O) groups excluding carboxylic acids is 1. The molecular formula is C11H13F3N2O. The van der Waals surface area contributed by atoms with Gasteiger partial charge in [-0.05, 0) is 18.6 Å². The van der Waals surface area contributed by atoms with Crippen molar-refractivity contribution in [1.29, 1.82) is 0 Å². The van der Waals surface area contributed by atoms with Crippen molar-refractivity contribution in [3.05, 3.63) is 29.8 Å².